The minimum Gasteiger partial charge on any atom is -0.487 e. The van der Waals surface area contributed by atoms with Gasteiger partial charge in [0.25, 0.3) is 0 Å². The highest BCUT2D eigenvalue weighted by Gasteiger charge is 2.53. The third-order valence-electron chi connectivity index (χ3n) is 10.1. The van der Waals surface area contributed by atoms with E-state index in [1.165, 1.54) is 72.6 Å². The molecule has 0 saturated carbocycles. The molecule has 52 heavy (non-hydrogen) atoms. The zero-order valence-corrected chi connectivity index (χ0v) is 33.2. The Morgan fingerprint density at radius 3 is 1.90 bits per heavy atom. The maximum absolute atomic E-state index is 12.2. The Labute approximate surface area is 311 Å². The van der Waals surface area contributed by atoms with Crippen LogP contribution in [0.15, 0.2) is 12.1 Å². The molecule has 8 atom stereocenters. The summed E-state index contributed by atoms with van der Waals surface area (Å²) in [5.74, 6) is 0.873. The second-order valence-electron chi connectivity index (χ2n) is 15.8. The molecule has 0 unspecified atom stereocenters. The van der Waals surface area contributed by atoms with Crippen LogP contribution in [-0.2, 0) is 49.3 Å². The van der Waals surface area contributed by atoms with Crippen molar-refractivity contribution in [3.63, 3.8) is 0 Å². The minimum absolute atomic E-state index is 0.273. The lowest BCUT2D eigenvalue weighted by atomic mass is 9.85. The van der Waals surface area contributed by atoms with Crippen molar-refractivity contribution in [2.75, 3.05) is 6.61 Å². The topological polar surface area (TPSA) is 133 Å². The van der Waals surface area contributed by atoms with Crippen LogP contribution in [0.1, 0.15) is 138 Å². The number of carbonyl (C=O) groups excluding carboxylic acids is 4. The van der Waals surface area contributed by atoms with Gasteiger partial charge in [-0.3, -0.25) is 19.2 Å². The molecule has 3 rings (SSSR count). The van der Waals surface area contributed by atoms with Gasteiger partial charge in [0.05, 0.1) is 0 Å². The molecule has 2 heterocycles. The highest BCUT2D eigenvalue weighted by atomic mass is 16.7. The minimum atomic E-state index is -1.31. The first-order chi connectivity index (χ1) is 24.5. The van der Waals surface area contributed by atoms with Gasteiger partial charge in [-0.2, -0.15) is 0 Å². The summed E-state index contributed by atoms with van der Waals surface area (Å²) in [4.78, 5) is 48.2. The number of fused-ring (bicyclic) bond motifs is 1. The molecule has 294 valence electrons. The Morgan fingerprint density at radius 1 is 0.769 bits per heavy atom. The number of carbonyl (C=O) groups is 4. The molecule has 0 aliphatic carbocycles. The van der Waals surface area contributed by atoms with Crippen molar-refractivity contribution in [1.82, 2.24) is 0 Å². The molecule has 2 aliphatic heterocycles. The first-order valence-corrected chi connectivity index (χ1v) is 19.3. The summed E-state index contributed by atoms with van der Waals surface area (Å²) in [6.07, 6.45) is 6.54. The average molecular weight is 733 g/mol. The molecule has 0 radical (unpaired) electrons. The zero-order chi connectivity index (χ0) is 38.6. The molecule has 0 spiro atoms. The number of benzene rings is 1. The smallest absolute Gasteiger partial charge is 0.303 e. The Balaban J connectivity index is 1.67. The fraction of sp³-hybridized carbons (Fsp3) is 0.756. The molecule has 0 amide bonds. The monoisotopic (exact) mass is 732 g/mol. The van der Waals surface area contributed by atoms with Crippen LogP contribution in [0.25, 0.3) is 0 Å². The molecule has 1 aromatic rings. The normalized spacial score (nSPS) is 25.2. The summed E-state index contributed by atoms with van der Waals surface area (Å²) in [5.41, 5.74) is 1.58. The van der Waals surface area contributed by atoms with E-state index >= 15 is 0 Å². The van der Waals surface area contributed by atoms with Crippen molar-refractivity contribution >= 4 is 23.9 Å². The Bertz CT molecular complexity index is 1340. The van der Waals surface area contributed by atoms with Crippen LogP contribution in [0.3, 0.4) is 0 Å². The van der Waals surface area contributed by atoms with Crippen LogP contribution in [0.5, 0.6) is 11.5 Å². The lowest BCUT2D eigenvalue weighted by Crippen LogP contribution is -2.63. The van der Waals surface area contributed by atoms with Gasteiger partial charge in [0.15, 0.2) is 12.2 Å². The van der Waals surface area contributed by atoms with E-state index in [1.54, 1.807) is 0 Å². The molecule has 11 nitrogen and oxygen atoms in total. The van der Waals surface area contributed by atoms with Gasteiger partial charge in [0, 0.05) is 27.7 Å². The number of aryl methyl sites for hydroxylation is 2. The fourth-order valence-corrected chi connectivity index (χ4v) is 7.30. The van der Waals surface area contributed by atoms with E-state index in [2.05, 4.69) is 34.6 Å². The van der Waals surface area contributed by atoms with Crippen LogP contribution in [0, 0.1) is 24.7 Å². The molecule has 1 fully saturated rings. The van der Waals surface area contributed by atoms with E-state index in [4.69, 9.17) is 33.2 Å². The lowest BCUT2D eigenvalue weighted by molar-refractivity contribution is -0.288. The van der Waals surface area contributed by atoms with Crippen LogP contribution < -0.4 is 9.47 Å². The largest absolute Gasteiger partial charge is 0.487 e. The SMILES string of the molecule is CC(=O)OC[C@H]1O[C@@H](Oc2cc(C)c3c(c2)CC[C@@](C)(CCC[C@H](C)CCC[C@H](C)CCCC(C)C)O3)[C@H](OC(C)=O)[C@@H](OC(C)=O)[C@H]1OC(C)=O. The van der Waals surface area contributed by atoms with Crippen molar-refractivity contribution in [2.45, 2.75) is 176 Å². The van der Waals surface area contributed by atoms with Gasteiger partial charge in [0.2, 0.25) is 12.4 Å². The summed E-state index contributed by atoms with van der Waals surface area (Å²) < 4.78 is 40.9. The predicted octanol–water partition coefficient (Wildman–Crippen LogP) is 7.98. The van der Waals surface area contributed by atoms with Crippen LogP contribution in [0.4, 0.5) is 0 Å². The van der Waals surface area contributed by atoms with Gasteiger partial charge >= 0.3 is 23.9 Å². The maximum atomic E-state index is 12.2. The summed E-state index contributed by atoms with van der Waals surface area (Å²) >= 11 is 0. The quantitative estimate of drug-likeness (QED) is 0.101. The average Bonchev–Trinajstić information content (AvgIpc) is 3.02. The van der Waals surface area contributed by atoms with Gasteiger partial charge in [0.1, 0.15) is 29.8 Å². The Morgan fingerprint density at radius 2 is 1.33 bits per heavy atom. The summed E-state index contributed by atoms with van der Waals surface area (Å²) in [6, 6.07) is 3.70. The second kappa shape index (κ2) is 20.2. The van der Waals surface area contributed by atoms with Crippen LogP contribution in [-0.4, -0.2) is 66.8 Å². The third-order valence-corrected chi connectivity index (χ3v) is 10.1. The standard InChI is InChI=1S/C41H64O11/c1-25(2)14-11-15-26(3)16-12-17-27(4)18-13-20-41(10)21-19-33-23-34(22-28(5)36(33)52-41)50-40-39(49-32(9)45)38(48-31(8)44)37(47-30(7)43)35(51-40)24-46-29(6)42/h22-23,25-27,35,37-40H,11-21,24H2,1-10H3/t26-,27-,35-,37+,38+,39-,40-,41-/m1/s1. The van der Waals surface area contributed by atoms with Crippen molar-refractivity contribution < 1.29 is 52.3 Å². The number of hydrogen-bond donors (Lipinski definition) is 0. The molecule has 0 N–H and O–H groups in total. The lowest BCUT2D eigenvalue weighted by Gasteiger charge is -2.44. The van der Waals surface area contributed by atoms with E-state index in [0.717, 1.165) is 54.4 Å². The van der Waals surface area contributed by atoms with Gasteiger partial charge in [-0.15, -0.1) is 0 Å². The van der Waals surface area contributed by atoms with Gasteiger partial charge in [-0.05, 0) is 80.5 Å². The highest BCUT2D eigenvalue weighted by Crippen LogP contribution is 2.41. The first-order valence-electron chi connectivity index (χ1n) is 19.3. The number of ether oxygens (including phenoxy) is 7. The highest BCUT2D eigenvalue weighted by molar-refractivity contribution is 5.68. The van der Waals surface area contributed by atoms with Gasteiger partial charge < -0.3 is 33.2 Å². The molecule has 1 aromatic carbocycles. The Hall–Kier alpha value is -3.34. The molecular weight excluding hydrogens is 668 g/mol. The van der Waals surface area contributed by atoms with Crippen molar-refractivity contribution in [2.24, 2.45) is 17.8 Å². The van der Waals surface area contributed by atoms with Crippen LogP contribution in [0.2, 0.25) is 0 Å². The second-order valence-corrected chi connectivity index (χ2v) is 15.8. The molecule has 0 aromatic heterocycles. The molecule has 0 bridgehead atoms. The van der Waals surface area contributed by atoms with Crippen LogP contribution >= 0.6 is 0 Å². The maximum Gasteiger partial charge on any atom is 0.303 e. The molecule has 2 aliphatic rings. The summed E-state index contributed by atoms with van der Waals surface area (Å²) in [7, 11) is 0. The first kappa shape index (κ1) is 43.1. The van der Waals surface area contributed by atoms with E-state index in [0.29, 0.717) is 11.7 Å². The summed E-state index contributed by atoms with van der Waals surface area (Å²) in [5, 5.41) is 0. The molecular formula is C41H64O11. The van der Waals surface area contributed by atoms with E-state index in [-0.39, 0.29) is 12.2 Å². The molecule has 11 heteroatoms. The number of hydrogen-bond acceptors (Lipinski definition) is 11. The summed E-state index contributed by atoms with van der Waals surface area (Å²) in [6.45, 7) is 18.0. The van der Waals surface area contributed by atoms with E-state index in [9.17, 15) is 19.2 Å². The zero-order valence-electron chi connectivity index (χ0n) is 33.2. The van der Waals surface area contributed by atoms with Gasteiger partial charge in [-0.1, -0.05) is 72.6 Å². The predicted molar refractivity (Wildman–Crippen MR) is 196 cm³/mol. The van der Waals surface area contributed by atoms with E-state index in [1.807, 2.05) is 19.1 Å². The van der Waals surface area contributed by atoms with Gasteiger partial charge in [-0.25, -0.2) is 0 Å². The Kier molecular flexibility index (Phi) is 16.7. The van der Waals surface area contributed by atoms with E-state index < -0.39 is 54.6 Å². The number of rotatable bonds is 19. The molecule has 1 saturated heterocycles. The third kappa shape index (κ3) is 13.9. The van der Waals surface area contributed by atoms with Crippen molar-refractivity contribution in [1.29, 1.82) is 0 Å². The van der Waals surface area contributed by atoms with Crippen molar-refractivity contribution in [3.05, 3.63) is 23.3 Å². The fourth-order valence-electron chi connectivity index (χ4n) is 7.30. The van der Waals surface area contributed by atoms with Crippen molar-refractivity contribution in [3.8, 4) is 11.5 Å². The number of esters is 4.